The third kappa shape index (κ3) is 8.51. The van der Waals surface area contributed by atoms with Crippen molar-refractivity contribution in [1.82, 2.24) is 15.5 Å². The summed E-state index contributed by atoms with van der Waals surface area (Å²) in [6.07, 6.45) is 1.17. The first kappa shape index (κ1) is 23.8. The van der Waals surface area contributed by atoms with Crippen molar-refractivity contribution < 1.29 is 12.8 Å². The quantitative estimate of drug-likeness (QED) is 0.469. The van der Waals surface area contributed by atoms with Crippen LogP contribution in [0.2, 0.25) is 0 Å². The van der Waals surface area contributed by atoms with Gasteiger partial charge < -0.3 is 15.5 Å². The van der Waals surface area contributed by atoms with E-state index < -0.39 is 15.7 Å². The zero-order valence-corrected chi connectivity index (χ0v) is 18.9. The van der Waals surface area contributed by atoms with Gasteiger partial charge in [0.05, 0.1) is 12.3 Å². The molecule has 0 fully saturated rings. The third-order valence-electron chi connectivity index (χ3n) is 4.32. The Balaban J connectivity index is 2.08. The Morgan fingerprint density at radius 3 is 2.30 bits per heavy atom. The van der Waals surface area contributed by atoms with Gasteiger partial charge in [0.25, 0.3) is 0 Å². The van der Waals surface area contributed by atoms with Crippen molar-refractivity contribution in [3.8, 4) is 0 Å². The summed E-state index contributed by atoms with van der Waals surface area (Å²) in [7, 11) is 0.851. The lowest BCUT2D eigenvalue weighted by molar-refractivity contribution is 0.402. The maximum Gasteiger partial charge on any atom is 0.191 e. The molecule has 0 unspecified atom stereocenters. The molecule has 2 aromatic rings. The summed E-state index contributed by atoms with van der Waals surface area (Å²) in [5.41, 5.74) is 3.50. The molecular formula is C22H31FN4O2S. The molecule has 2 N–H and O–H groups in total. The molecule has 2 aromatic carbocycles. The number of halogens is 1. The number of aliphatic imine (C=N–C) groups is 1. The van der Waals surface area contributed by atoms with E-state index in [2.05, 4.69) is 44.8 Å². The van der Waals surface area contributed by atoms with Crippen molar-refractivity contribution >= 4 is 15.8 Å². The van der Waals surface area contributed by atoms with Crippen molar-refractivity contribution in [1.29, 1.82) is 0 Å². The molecule has 8 heteroatoms. The number of guanidine groups is 1. The molecule has 6 nitrogen and oxygen atoms in total. The predicted octanol–water partition coefficient (Wildman–Crippen LogP) is 2.69. The molecule has 0 bridgehead atoms. The van der Waals surface area contributed by atoms with E-state index in [1.54, 1.807) is 0 Å². The van der Waals surface area contributed by atoms with Crippen LogP contribution >= 0.6 is 0 Å². The largest absolute Gasteiger partial charge is 0.357 e. The third-order valence-corrected chi connectivity index (χ3v) is 5.15. The van der Waals surface area contributed by atoms with Gasteiger partial charge in [-0.15, -0.1) is 0 Å². The van der Waals surface area contributed by atoms with Crippen LogP contribution in [0.3, 0.4) is 0 Å². The topological polar surface area (TPSA) is 73.8 Å². The van der Waals surface area contributed by atoms with E-state index in [0.29, 0.717) is 30.2 Å². The van der Waals surface area contributed by atoms with Gasteiger partial charge in [0.1, 0.15) is 5.82 Å². The molecule has 0 saturated heterocycles. The second-order valence-corrected chi connectivity index (χ2v) is 9.73. The van der Waals surface area contributed by atoms with E-state index >= 15 is 0 Å². The maximum absolute atomic E-state index is 13.7. The van der Waals surface area contributed by atoms with E-state index in [-0.39, 0.29) is 12.3 Å². The second kappa shape index (κ2) is 11.1. The Morgan fingerprint density at radius 2 is 1.70 bits per heavy atom. The number of hydrogen-bond acceptors (Lipinski definition) is 4. The van der Waals surface area contributed by atoms with E-state index in [0.717, 1.165) is 12.1 Å². The molecule has 0 aromatic heterocycles. The number of benzene rings is 2. The minimum atomic E-state index is -3.22. The van der Waals surface area contributed by atoms with Gasteiger partial charge in [0.2, 0.25) is 0 Å². The van der Waals surface area contributed by atoms with Gasteiger partial charge in [-0.05, 0) is 55.4 Å². The maximum atomic E-state index is 13.7. The molecule has 0 radical (unpaired) electrons. The Morgan fingerprint density at radius 1 is 1.03 bits per heavy atom. The van der Waals surface area contributed by atoms with Crippen LogP contribution in [0.4, 0.5) is 4.39 Å². The summed E-state index contributed by atoms with van der Waals surface area (Å²) in [6, 6.07) is 12.5. The van der Waals surface area contributed by atoms with Gasteiger partial charge in [-0.3, -0.25) is 0 Å². The molecular weight excluding hydrogens is 403 g/mol. The fourth-order valence-electron chi connectivity index (χ4n) is 2.99. The fourth-order valence-corrected chi connectivity index (χ4v) is 3.84. The Kier molecular flexibility index (Phi) is 8.80. The van der Waals surface area contributed by atoms with Crippen LogP contribution in [-0.2, 0) is 35.2 Å². The summed E-state index contributed by atoms with van der Waals surface area (Å²) >= 11 is 0. The number of hydrogen-bond donors (Lipinski definition) is 2. The van der Waals surface area contributed by atoms with E-state index in [9.17, 15) is 12.8 Å². The van der Waals surface area contributed by atoms with Gasteiger partial charge in [-0.1, -0.05) is 30.3 Å². The summed E-state index contributed by atoms with van der Waals surface area (Å²) in [5.74, 6) is 0.0605. The lowest BCUT2D eigenvalue weighted by Crippen LogP contribution is -2.37. The molecule has 0 saturated carbocycles. The first-order valence-corrected chi connectivity index (χ1v) is 11.9. The van der Waals surface area contributed by atoms with Gasteiger partial charge in [-0.25, -0.2) is 17.8 Å². The van der Waals surface area contributed by atoms with Gasteiger partial charge in [-0.2, -0.15) is 0 Å². The Hall–Kier alpha value is -2.45. The van der Waals surface area contributed by atoms with Crippen LogP contribution in [0.1, 0.15) is 29.2 Å². The molecule has 2 rings (SSSR count). The first-order valence-electron chi connectivity index (χ1n) is 9.86. The molecule has 164 valence electrons. The number of rotatable bonds is 9. The van der Waals surface area contributed by atoms with Crippen molar-refractivity contribution in [3.63, 3.8) is 0 Å². The summed E-state index contributed by atoms with van der Waals surface area (Å²) in [6.45, 7) is 4.29. The summed E-state index contributed by atoms with van der Waals surface area (Å²) in [5, 5.41) is 6.33. The highest BCUT2D eigenvalue weighted by molar-refractivity contribution is 7.89. The Labute approximate surface area is 179 Å². The molecule has 0 heterocycles. The number of nitrogens with one attached hydrogen (secondary N) is 2. The molecule has 0 aliphatic carbocycles. The number of sulfone groups is 1. The first-order chi connectivity index (χ1) is 14.2. The average molecular weight is 435 g/mol. The second-order valence-electron chi connectivity index (χ2n) is 7.59. The highest BCUT2D eigenvalue weighted by Gasteiger charge is 2.11. The zero-order chi connectivity index (χ0) is 22.1. The van der Waals surface area contributed by atoms with E-state index in [4.69, 9.17) is 0 Å². The van der Waals surface area contributed by atoms with Crippen LogP contribution in [-0.4, -0.2) is 46.2 Å². The van der Waals surface area contributed by atoms with Gasteiger partial charge in [0, 0.05) is 25.9 Å². The van der Waals surface area contributed by atoms with Crippen LogP contribution in [0.25, 0.3) is 0 Å². The highest BCUT2D eigenvalue weighted by Crippen LogP contribution is 2.14. The van der Waals surface area contributed by atoms with Crippen molar-refractivity contribution in [2.45, 2.75) is 32.3 Å². The standard InChI is InChI=1S/C22H31FN4O2S/c1-5-24-22(25-13-17-6-8-18(9-7-17)15-27(2)3)26-14-20-12-21(23)11-10-19(20)16-30(4,28)29/h6-12H,5,13-16H2,1-4H3,(H2,24,25,26). The van der Waals surface area contributed by atoms with Gasteiger partial charge >= 0.3 is 0 Å². The van der Waals surface area contributed by atoms with Crippen molar-refractivity contribution in [3.05, 3.63) is 70.5 Å². The predicted molar refractivity (Wildman–Crippen MR) is 120 cm³/mol. The molecule has 0 spiro atoms. The normalized spacial score (nSPS) is 12.3. The highest BCUT2D eigenvalue weighted by atomic mass is 32.2. The minimum Gasteiger partial charge on any atom is -0.357 e. The van der Waals surface area contributed by atoms with E-state index in [1.165, 1.54) is 30.0 Å². The number of nitrogens with zero attached hydrogens (tertiary/aromatic N) is 2. The summed E-state index contributed by atoms with van der Waals surface area (Å²) < 4.78 is 37.0. The van der Waals surface area contributed by atoms with Gasteiger partial charge in [0.15, 0.2) is 15.8 Å². The lowest BCUT2D eigenvalue weighted by atomic mass is 10.1. The fraction of sp³-hybridized carbons (Fsp3) is 0.409. The lowest BCUT2D eigenvalue weighted by Gasteiger charge is -2.14. The molecule has 0 aliphatic rings. The molecule has 30 heavy (non-hydrogen) atoms. The van der Waals surface area contributed by atoms with Crippen molar-refractivity contribution in [2.24, 2.45) is 4.99 Å². The van der Waals surface area contributed by atoms with Crippen LogP contribution in [0.5, 0.6) is 0 Å². The van der Waals surface area contributed by atoms with Crippen LogP contribution < -0.4 is 10.6 Å². The SMILES string of the molecule is CCNC(=NCc1ccc(CN(C)C)cc1)NCc1cc(F)ccc1CS(C)(=O)=O. The van der Waals surface area contributed by atoms with Crippen LogP contribution in [0.15, 0.2) is 47.5 Å². The Bertz CT molecular complexity index is 958. The van der Waals surface area contributed by atoms with Crippen molar-refractivity contribution in [2.75, 3.05) is 26.9 Å². The molecule has 0 atom stereocenters. The molecule has 0 aliphatic heterocycles. The smallest absolute Gasteiger partial charge is 0.191 e. The molecule has 0 amide bonds. The van der Waals surface area contributed by atoms with Crippen LogP contribution in [0, 0.1) is 5.82 Å². The monoisotopic (exact) mass is 434 g/mol. The van der Waals surface area contributed by atoms with E-state index in [1.807, 2.05) is 21.0 Å². The average Bonchev–Trinajstić information content (AvgIpc) is 2.65. The minimum absolute atomic E-state index is 0.128. The summed E-state index contributed by atoms with van der Waals surface area (Å²) in [4.78, 5) is 6.70. The zero-order valence-electron chi connectivity index (χ0n) is 18.1.